The molecule has 2 atom stereocenters. The molecule has 0 radical (unpaired) electrons. The zero-order chi connectivity index (χ0) is 14.7. The quantitative estimate of drug-likeness (QED) is 0.721. The molecule has 1 aromatic carbocycles. The van der Waals surface area contributed by atoms with Gasteiger partial charge in [-0.2, -0.15) is 5.26 Å². The van der Waals surface area contributed by atoms with Crippen LogP contribution in [-0.4, -0.2) is 33.9 Å². The Hall–Kier alpha value is -2.36. The highest BCUT2D eigenvalue weighted by Crippen LogP contribution is 2.27. The Bertz CT molecular complexity index is 671. The molecule has 0 aliphatic carbocycles. The zero-order valence-corrected chi connectivity index (χ0v) is 10.8. The molecule has 0 aliphatic rings. The molecule has 1 heterocycles. The van der Waals surface area contributed by atoms with Gasteiger partial charge in [-0.1, -0.05) is 0 Å². The molecule has 0 fully saturated rings. The third-order valence-electron chi connectivity index (χ3n) is 2.99. The third-order valence-corrected chi connectivity index (χ3v) is 2.99. The first-order valence-electron chi connectivity index (χ1n) is 6.12. The van der Waals surface area contributed by atoms with Crippen LogP contribution in [0.4, 0.5) is 0 Å². The molecule has 0 amide bonds. The number of hydrogen-bond donors (Lipinski definition) is 3. The highest BCUT2D eigenvalue weighted by molar-refractivity contribution is 5.86. The van der Waals surface area contributed by atoms with Crippen molar-refractivity contribution >= 4 is 16.9 Å². The van der Waals surface area contributed by atoms with Gasteiger partial charge < -0.3 is 19.9 Å². The molecule has 2 unspecified atom stereocenters. The number of aliphatic hydroxyl groups excluding tert-OH is 2. The second-order valence-corrected chi connectivity index (χ2v) is 4.26. The first-order chi connectivity index (χ1) is 9.58. The summed E-state index contributed by atoms with van der Waals surface area (Å²) >= 11 is 0. The van der Waals surface area contributed by atoms with E-state index >= 15 is 0 Å². The molecule has 0 saturated heterocycles. The van der Waals surface area contributed by atoms with Crippen molar-refractivity contribution in [3.63, 3.8) is 0 Å². The lowest BCUT2D eigenvalue weighted by Gasteiger charge is -2.15. The lowest BCUT2D eigenvalue weighted by atomic mass is 10.0. The summed E-state index contributed by atoms with van der Waals surface area (Å²) in [6, 6.07) is 6.91. The zero-order valence-electron chi connectivity index (χ0n) is 10.8. The molecule has 6 nitrogen and oxygen atoms in total. The normalized spacial score (nSPS) is 13.7. The van der Waals surface area contributed by atoms with Crippen LogP contribution in [0.2, 0.25) is 0 Å². The second-order valence-electron chi connectivity index (χ2n) is 4.26. The SMILES string of the molecule is CCOC(=O)C(O)C(O)c1c[nH]c2ccc(C#N)cc12. The molecule has 6 heteroatoms. The van der Waals surface area contributed by atoms with Gasteiger partial charge in [0.25, 0.3) is 0 Å². The van der Waals surface area contributed by atoms with E-state index in [9.17, 15) is 15.0 Å². The molecular weight excluding hydrogens is 260 g/mol. The summed E-state index contributed by atoms with van der Waals surface area (Å²) in [7, 11) is 0. The van der Waals surface area contributed by atoms with Crippen LogP contribution in [0.1, 0.15) is 24.2 Å². The number of hydrogen-bond acceptors (Lipinski definition) is 5. The lowest BCUT2D eigenvalue weighted by Crippen LogP contribution is -2.29. The smallest absolute Gasteiger partial charge is 0.338 e. The number of aromatic nitrogens is 1. The molecule has 0 bridgehead atoms. The molecule has 0 saturated carbocycles. The minimum atomic E-state index is -1.67. The van der Waals surface area contributed by atoms with Crippen LogP contribution in [0, 0.1) is 11.3 Å². The fraction of sp³-hybridized carbons (Fsp3) is 0.286. The van der Waals surface area contributed by atoms with Gasteiger partial charge in [-0.3, -0.25) is 0 Å². The molecule has 0 spiro atoms. The van der Waals surface area contributed by atoms with Crippen LogP contribution in [-0.2, 0) is 9.53 Å². The van der Waals surface area contributed by atoms with Gasteiger partial charge in [0.15, 0.2) is 6.10 Å². The summed E-state index contributed by atoms with van der Waals surface area (Å²) in [6.07, 6.45) is -1.59. The van der Waals surface area contributed by atoms with Gasteiger partial charge in [0, 0.05) is 22.7 Å². The Balaban J connectivity index is 2.37. The van der Waals surface area contributed by atoms with Crippen molar-refractivity contribution < 1.29 is 19.7 Å². The number of nitrogens with one attached hydrogen (secondary N) is 1. The van der Waals surface area contributed by atoms with Crippen LogP contribution in [0.5, 0.6) is 0 Å². The fourth-order valence-corrected chi connectivity index (χ4v) is 1.98. The molecule has 20 heavy (non-hydrogen) atoms. The number of benzene rings is 1. The van der Waals surface area contributed by atoms with Crippen LogP contribution in [0.25, 0.3) is 10.9 Å². The largest absolute Gasteiger partial charge is 0.464 e. The summed E-state index contributed by atoms with van der Waals surface area (Å²) in [5.74, 6) is -0.884. The lowest BCUT2D eigenvalue weighted by molar-refractivity contribution is -0.159. The number of fused-ring (bicyclic) bond motifs is 1. The average molecular weight is 274 g/mol. The number of aliphatic hydroxyl groups is 2. The molecule has 0 aliphatic heterocycles. The first-order valence-corrected chi connectivity index (χ1v) is 6.12. The fourth-order valence-electron chi connectivity index (χ4n) is 1.98. The Morgan fingerprint density at radius 1 is 1.50 bits per heavy atom. The van der Waals surface area contributed by atoms with Gasteiger partial charge in [-0.15, -0.1) is 0 Å². The number of esters is 1. The van der Waals surface area contributed by atoms with E-state index in [1.165, 1.54) is 6.20 Å². The number of rotatable bonds is 4. The van der Waals surface area contributed by atoms with Crippen LogP contribution in [0.15, 0.2) is 24.4 Å². The summed E-state index contributed by atoms with van der Waals surface area (Å²) in [6.45, 7) is 1.73. The monoisotopic (exact) mass is 274 g/mol. The average Bonchev–Trinajstić information content (AvgIpc) is 2.88. The minimum Gasteiger partial charge on any atom is -0.464 e. The van der Waals surface area contributed by atoms with E-state index in [1.807, 2.05) is 6.07 Å². The van der Waals surface area contributed by atoms with Crippen molar-refractivity contribution in [2.24, 2.45) is 0 Å². The first kappa shape index (κ1) is 14.1. The van der Waals surface area contributed by atoms with Crippen molar-refractivity contribution in [2.75, 3.05) is 6.61 Å². The Kier molecular flexibility index (Phi) is 4.03. The Morgan fingerprint density at radius 3 is 2.90 bits per heavy atom. The molecular formula is C14H14N2O4. The maximum Gasteiger partial charge on any atom is 0.338 e. The Labute approximate surface area is 115 Å². The molecule has 2 rings (SSSR count). The second kappa shape index (κ2) is 5.74. The maximum absolute atomic E-state index is 11.4. The van der Waals surface area contributed by atoms with Crippen molar-refractivity contribution in [2.45, 2.75) is 19.1 Å². The van der Waals surface area contributed by atoms with Gasteiger partial charge in [0.1, 0.15) is 6.10 Å². The van der Waals surface area contributed by atoms with Gasteiger partial charge in [0.2, 0.25) is 0 Å². The molecule has 104 valence electrons. The topological polar surface area (TPSA) is 106 Å². The van der Waals surface area contributed by atoms with Gasteiger partial charge in [-0.25, -0.2) is 4.79 Å². The number of H-pyrrole nitrogens is 1. The molecule has 1 aromatic heterocycles. The molecule has 3 N–H and O–H groups in total. The van der Waals surface area contributed by atoms with Crippen LogP contribution in [0.3, 0.4) is 0 Å². The van der Waals surface area contributed by atoms with Crippen LogP contribution < -0.4 is 0 Å². The predicted octanol–water partition coefficient (Wildman–Crippen LogP) is 0.997. The Morgan fingerprint density at radius 2 is 2.25 bits per heavy atom. The standard InChI is InChI=1S/C14H14N2O4/c1-2-20-14(19)13(18)12(17)10-7-16-11-4-3-8(6-15)5-9(10)11/h3-5,7,12-13,16-18H,2H2,1H3. The number of carbonyl (C=O) groups excluding carboxylic acids is 1. The predicted molar refractivity (Wildman–Crippen MR) is 70.6 cm³/mol. The van der Waals surface area contributed by atoms with Gasteiger partial charge >= 0.3 is 5.97 Å². The van der Waals surface area contributed by atoms with E-state index in [2.05, 4.69) is 9.72 Å². The van der Waals surface area contributed by atoms with Crippen molar-refractivity contribution in [1.29, 1.82) is 5.26 Å². The van der Waals surface area contributed by atoms with E-state index in [0.29, 0.717) is 22.0 Å². The number of nitrogens with zero attached hydrogens (tertiary/aromatic N) is 1. The maximum atomic E-state index is 11.4. The van der Waals surface area contributed by atoms with Gasteiger partial charge in [-0.05, 0) is 25.1 Å². The summed E-state index contributed by atoms with van der Waals surface area (Å²) in [4.78, 5) is 14.4. The van der Waals surface area contributed by atoms with Crippen molar-refractivity contribution in [3.05, 3.63) is 35.5 Å². The number of carbonyl (C=O) groups is 1. The summed E-state index contributed by atoms with van der Waals surface area (Å²) < 4.78 is 4.67. The van der Waals surface area contributed by atoms with Crippen molar-refractivity contribution in [1.82, 2.24) is 4.98 Å². The summed E-state index contributed by atoms with van der Waals surface area (Å²) in [5, 5.41) is 29.3. The van der Waals surface area contributed by atoms with E-state index in [4.69, 9.17) is 5.26 Å². The number of nitriles is 1. The van der Waals surface area contributed by atoms with Crippen LogP contribution >= 0.6 is 0 Å². The van der Waals surface area contributed by atoms with Gasteiger partial charge in [0.05, 0.1) is 18.2 Å². The highest BCUT2D eigenvalue weighted by atomic mass is 16.5. The van der Waals surface area contributed by atoms with Crippen molar-refractivity contribution in [3.8, 4) is 6.07 Å². The van der Waals surface area contributed by atoms with E-state index in [0.717, 1.165) is 0 Å². The highest BCUT2D eigenvalue weighted by Gasteiger charge is 2.28. The summed E-state index contributed by atoms with van der Waals surface area (Å²) in [5.41, 5.74) is 1.47. The molecule has 2 aromatic rings. The number of aromatic amines is 1. The van der Waals surface area contributed by atoms with E-state index in [1.54, 1.807) is 25.1 Å². The van der Waals surface area contributed by atoms with E-state index in [-0.39, 0.29) is 6.61 Å². The van der Waals surface area contributed by atoms with E-state index < -0.39 is 18.2 Å². The third kappa shape index (κ3) is 2.50. The number of ether oxygens (including phenoxy) is 1. The minimum absolute atomic E-state index is 0.120.